The highest BCUT2D eigenvalue weighted by Crippen LogP contribution is 2.15. The van der Waals surface area contributed by atoms with Crippen molar-refractivity contribution >= 4 is 5.97 Å². The number of carbonyl (C=O) groups is 1. The van der Waals surface area contributed by atoms with Crippen LogP contribution in [-0.4, -0.2) is 39.8 Å². The molecule has 17 heavy (non-hydrogen) atoms. The average Bonchev–Trinajstić information content (AvgIpc) is 2.27. The summed E-state index contributed by atoms with van der Waals surface area (Å²) in [6.45, 7) is 8.54. The molecule has 0 aliphatic heterocycles. The molecule has 0 radical (unpaired) electrons. The van der Waals surface area contributed by atoms with Crippen LogP contribution in [0.25, 0.3) is 0 Å². The van der Waals surface area contributed by atoms with Crippen LogP contribution in [0.1, 0.15) is 33.6 Å². The second-order valence-electron chi connectivity index (χ2n) is 4.33. The summed E-state index contributed by atoms with van der Waals surface area (Å²) < 4.78 is 4.54. The number of hydrogen-bond acceptors (Lipinski definition) is 5. The summed E-state index contributed by atoms with van der Waals surface area (Å²) >= 11 is 0. The molecule has 0 fully saturated rings. The van der Waals surface area contributed by atoms with Crippen molar-refractivity contribution in [2.45, 2.75) is 52.1 Å². The first-order chi connectivity index (χ1) is 7.79. The summed E-state index contributed by atoms with van der Waals surface area (Å²) in [6, 6.07) is 0. The minimum Gasteiger partial charge on any atom is -0.430 e. The van der Waals surface area contributed by atoms with Crippen molar-refractivity contribution in [2.75, 3.05) is 0 Å². The van der Waals surface area contributed by atoms with E-state index in [9.17, 15) is 20.1 Å². The lowest BCUT2D eigenvalue weighted by Gasteiger charge is -2.23. The quantitative estimate of drug-likeness (QED) is 0.347. The SMILES string of the molecule is C=C(C)C(=O)OC(O)C(O)CC(O)C(C)CC. The molecule has 0 saturated heterocycles. The fourth-order valence-corrected chi connectivity index (χ4v) is 1.16. The minimum atomic E-state index is -1.64. The third-order valence-corrected chi connectivity index (χ3v) is 2.69. The van der Waals surface area contributed by atoms with E-state index in [1.54, 1.807) is 0 Å². The van der Waals surface area contributed by atoms with Gasteiger partial charge in [-0.05, 0) is 12.8 Å². The molecule has 0 aromatic rings. The summed E-state index contributed by atoms with van der Waals surface area (Å²) in [7, 11) is 0. The van der Waals surface area contributed by atoms with Crippen LogP contribution in [0.2, 0.25) is 0 Å². The third kappa shape index (κ3) is 5.81. The highest BCUT2D eigenvalue weighted by molar-refractivity contribution is 5.87. The molecule has 0 rings (SSSR count). The van der Waals surface area contributed by atoms with Gasteiger partial charge in [0.1, 0.15) is 6.10 Å². The largest absolute Gasteiger partial charge is 0.430 e. The van der Waals surface area contributed by atoms with E-state index in [-0.39, 0.29) is 17.9 Å². The van der Waals surface area contributed by atoms with Gasteiger partial charge in [0.15, 0.2) is 0 Å². The Morgan fingerprint density at radius 2 is 1.82 bits per heavy atom. The van der Waals surface area contributed by atoms with Crippen molar-refractivity contribution in [3.05, 3.63) is 12.2 Å². The van der Waals surface area contributed by atoms with Crippen molar-refractivity contribution in [3.63, 3.8) is 0 Å². The Kier molecular flexibility index (Phi) is 7.03. The average molecular weight is 246 g/mol. The van der Waals surface area contributed by atoms with Gasteiger partial charge in [-0.2, -0.15) is 0 Å². The molecule has 4 atom stereocenters. The Hall–Kier alpha value is -0.910. The van der Waals surface area contributed by atoms with Gasteiger partial charge in [-0.1, -0.05) is 26.8 Å². The summed E-state index contributed by atoms with van der Waals surface area (Å²) in [4.78, 5) is 11.1. The second kappa shape index (κ2) is 7.42. The van der Waals surface area contributed by atoms with Gasteiger partial charge in [-0.15, -0.1) is 0 Å². The number of aliphatic hydroxyl groups is 3. The molecule has 0 aromatic heterocycles. The van der Waals surface area contributed by atoms with Crippen LogP contribution < -0.4 is 0 Å². The normalized spacial score (nSPS) is 18.0. The van der Waals surface area contributed by atoms with E-state index in [0.717, 1.165) is 6.42 Å². The fraction of sp³-hybridized carbons (Fsp3) is 0.750. The number of ether oxygens (including phenoxy) is 1. The number of rotatable bonds is 7. The van der Waals surface area contributed by atoms with Crippen LogP contribution in [0.15, 0.2) is 12.2 Å². The monoisotopic (exact) mass is 246 g/mol. The van der Waals surface area contributed by atoms with Gasteiger partial charge in [0.05, 0.1) is 6.10 Å². The zero-order valence-corrected chi connectivity index (χ0v) is 10.6. The summed E-state index contributed by atoms with van der Waals surface area (Å²) in [5, 5.41) is 28.6. The Labute approximate surface area is 102 Å². The number of esters is 1. The molecule has 0 heterocycles. The molecule has 4 unspecified atom stereocenters. The summed E-state index contributed by atoms with van der Waals surface area (Å²) in [5.74, 6) is -0.761. The lowest BCUT2D eigenvalue weighted by Crippen LogP contribution is -2.35. The molecule has 5 nitrogen and oxygen atoms in total. The maximum Gasteiger partial charge on any atom is 0.335 e. The van der Waals surface area contributed by atoms with Crippen molar-refractivity contribution in [1.82, 2.24) is 0 Å². The molecule has 0 aromatic carbocycles. The van der Waals surface area contributed by atoms with Crippen LogP contribution in [0, 0.1) is 5.92 Å². The first kappa shape index (κ1) is 16.1. The topological polar surface area (TPSA) is 87.0 Å². The zero-order valence-electron chi connectivity index (χ0n) is 10.6. The molecule has 0 spiro atoms. The molecule has 0 amide bonds. The fourth-order valence-electron chi connectivity index (χ4n) is 1.16. The molecule has 0 saturated carbocycles. The van der Waals surface area contributed by atoms with Crippen LogP contribution in [0.5, 0.6) is 0 Å². The molecular formula is C12H22O5. The van der Waals surface area contributed by atoms with E-state index in [1.807, 2.05) is 13.8 Å². The van der Waals surface area contributed by atoms with Crippen LogP contribution >= 0.6 is 0 Å². The predicted molar refractivity (Wildman–Crippen MR) is 63.0 cm³/mol. The van der Waals surface area contributed by atoms with Crippen molar-refractivity contribution < 1.29 is 24.9 Å². The molecule has 100 valence electrons. The Morgan fingerprint density at radius 1 is 1.29 bits per heavy atom. The Morgan fingerprint density at radius 3 is 2.24 bits per heavy atom. The molecule has 0 bridgehead atoms. The van der Waals surface area contributed by atoms with Gasteiger partial charge in [-0.3, -0.25) is 0 Å². The zero-order chi connectivity index (χ0) is 13.6. The van der Waals surface area contributed by atoms with Gasteiger partial charge < -0.3 is 20.1 Å². The van der Waals surface area contributed by atoms with E-state index in [2.05, 4.69) is 11.3 Å². The predicted octanol–water partition coefficient (Wildman–Crippen LogP) is 0.582. The molecule has 0 aliphatic carbocycles. The van der Waals surface area contributed by atoms with Gasteiger partial charge in [0, 0.05) is 12.0 Å². The molecular weight excluding hydrogens is 224 g/mol. The summed E-state index contributed by atoms with van der Waals surface area (Å²) in [6.07, 6.45) is -2.97. The van der Waals surface area contributed by atoms with Gasteiger partial charge in [0.25, 0.3) is 0 Å². The maximum atomic E-state index is 11.1. The van der Waals surface area contributed by atoms with E-state index in [4.69, 9.17) is 0 Å². The minimum absolute atomic E-state index is 0.00805. The first-order valence-corrected chi connectivity index (χ1v) is 5.70. The maximum absolute atomic E-state index is 11.1. The van der Waals surface area contributed by atoms with Gasteiger partial charge >= 0.3 is 5.97 Å². The van der Waals surface area contributed by atoms with E-state index in [0.29, 0.717) is 0 Å². The van der Waals surface area contributed by atoms with E-state index in [1.165, 1.54) is 6.92 Å². The van der Waals surface area contributed by atoms with Crippen molar-refractivity contribution in [1.29, 1.82) is 0 Å². The standard InChI is InChI=1S/C12H22O5/c1-5-8(4)9(13)6-10(14)12(16)17-11(15)7(2)3/h8-10,12-14,16H,2,5-6H2,1,3-4H3. The Bertz CT molecular complexity index is 264. The van der Waals surface area contributed by atoms with Crippen LogP contribution in [-0.2, 0) is 9.53 Å². The lowest BCUT2D eigenvalue weighted by molar-refractivity contribution is -0.186. The number of carbonyl (C=O) groups excluding carboxylic acids is 1. The third-order valence-electron chi connectivity index (χ3n) is 2.69. The Balaban J connectivity index is 4.18. The van der Waals surface area contributed by atoms with Crippen molar-refractivity contribution in [2.24, 2.45) is 5.92 Å². The van der Waals surface area contributed by atoms with E-state index >= 15 is 0 Å². The second-order valence-corrected chi connectivity index (χ2v) is 4.33. The highest BCUT2D eigenvalue weighted by atomic mass is 16.6. The van der Waals surface area contributed by atoms with Crippen molar-refractivity contribution in [3.8, 4) is 0 Å². The summed E-state index contributed by atoms with van der Waals surface area (Å²) in [5.41, 5.74) is 0.138. The smallest absolute Gasteiger partial charge is 0.335 e. The number of hydrogen-bond donors (Lipinski definition) is 3. The van der Waals surface area contributed by atoms with Gasteiger partial charge in [-0.25, -0.2) is 4.79 Å². The van der Waals surface area contributed by atoms with Crippen LogP contribution in [0.4, 0.5) is 0 Å². The lowest BCUT2D eigenvalue weighted by atomic mass is 9.97. The number of aliphatic hydroxyl groups excluding tert-OH is 3. The highest BCUT2D eigenvalue weighted by Gasteiger charge is 2.25. The van der Waals surface area contributed by atoms with Gasteiger partial charge in [0.2, 0.25) is 6.29 Å². The first-order valence-electron chi connectivity index (χ1n) is 5.70. The molecule has 3 N–H and O–H groups in total. The molecule has 5 heteroatoms. The van der Waals surface area contributed by atoms with Crippen LogP contribution in [0.3, 0.4) is 0 Å². The van der Waals surface area contributed by atoms with E-state index < -0.39 is 24.5 Å². The molecule has 0 aliphatic rings.